The minimum atomic E-state index is -0.557. The molecule has 9 heteroatoms. The minimum Gasteiger partial charge on any atom is -0.488 e. The third-order valence-corrected chi connectivity index (χ3v) is 6.85. The molecule has 2 aromatic heterocycles. The number of allylic oxidation sites excluding steroid dienone is 2. The molecule has 2 aromatic rings. The second kappa shape index (κ2) is 9.50. The third-order valence-electron chi connectivity index (χ3n) is 6.85. The number of carbonyl (C=O) groups excluding carboxylic acids is 1. The highest BCUT2D eigenvalue weighted by Crippen LogP contribution is 2.29. The maximum absolute atomic E-state index is 14.5. The van der Waals surface area contributed by atoms with E-state index in [1.54, 1.807) is 13.1 Å². The smallest absolute Gasteiger partial charge is 0.250 e. The molecule has 178 valence electrons. The van der Waals surface area contributed by atoms with Crippen LogP contribution in [0.5, 0.6) is 5.75 Å². The first kappa shape index (κ1) is 22.5. The fraction of sp³-hybridized carbons (Fsp3) is 0.440. The third kappa shape index (κ3) is 4.65. The van der Waals surface area contributed by atoms with Gasteiger partial charge in [-0.25, -0.2) is 4.39 Å². The number of ether oxygens (including phenoxy) is 1. The molecule has 0 unspecified atom stereocenters. The molecule has 0 atom stereocenters. The fourth-order valence-corrected chi connectivity index (χ4v) is 4.80. The lowest BCUT2D eigenvalue weighted by atomic mass is 9.86. The van der Waals surface area contributed by atoms with E-state index in [0.717, 1.165) is 49.6 Å². The van der Waals surface area contributed by atoms with E-state index < -0.39 is 5.82 Å². The van der Waals surface area contributed by atoms with Crippen LogP contribution < -0.4 is 20.9 Å². The van der Waals surface area contributed by atoms with Crippen molar-refractivity contribution in [2.75, 3.05) is 13.2 Å². The van der Waals surface area contributed by atoms with E-state index in [2.05, 4.69) is 26.7 Å². The highest BCUT2D eigenvalue weighted by molar-refractivity contribution is 6.08. The molecule has 1 saturated carbocycles. The number of hydrogen-bond donors (Lipinski definition) is 2. The summed E-state index contributed by atoms with van der Waals surface area (Å²) in [4.78, 5) is 31.8. The van der Waals surface area contributed by atoms with Gasteiger partial charge in [0.05, 0.1) is 18.3 Å². The largest absolute Gasteiger partial charge is 0.488 e. The van der Waals surface area contributed by atoms with Crippen LogP contribution in [0.15, 0.2) is 51.5 Å². The molecule has 1 aliphatic carbocycles. The number of dihydropyridines is 1. The van der Waals surface area contributed by atoms with Gasteiger partial charge in [0.25, 0.3) is 5.56 Å². The van der Waals surface area contributed by atoms with Crippen LogP contribution >= 0.6 is 0 Å². The molecule has 1 fully saturated rings. The van der Waals surface area contributed by atoms with Crippen LogP contribution in [0.1, 0.15) is 38.5 Å². The SMILES string of the molecule is Cn1c(=O)ccc2ncc(F)c(OC[C@H]3CC[C@H](NCC4=CC=C5CCC(=O)N=C5N4)CC3)c21. The average molecular weight is 466 g/mol. The zero-order valence-corrected chi connectivity index (χ0v) is 19.1. The number of halogens is 1. The molecule has 5 rings (SSSR count). The molecule has 0 bridgehead atoms. The van der Waals surface area contributed by atoms with Gasteiger partial charge in [0.15, 0.2) is 11.6 Å². The lowest BCUT2D eigenvalue weighted by Crippen LogP contribution is -2.40. The average Bonchev–Trinajstić information content (AvgIpc) is 2.85. The highest BCUT2D eigenvalue weighted by atomic mass is 19.1. The molecule has 4 heterocycles. The minimum absolute atomic E-state index is 0.0729. The Hall–Kier alpha value is -3.33. The first-order valence-electron chi connectivity index (χ1n) is 11.8. The van der Waals surface area contributed by atoms with Gasteiger partial charge in [-0.3, -0.25) is 14.6 Å². The van der Waals surface area contributed by atoms with Gasteiger partial charge in [-0.05, 0) is 55.7 Å². The topological polar surface area (TPSA) is 97.6 Å². The van der Waals surface area contributed by atoms with Crippen molar-refractivity contribution in [3.05, 3.63) is 57.9 Å². The molecular formula is C25H28FN5O3. The van der Waals surface area contributed by atoms with Crippen molar-refractivity contribution in [3.63, 3.8) is 0 Å². The van der Waals surface area contributed by atoms with Crippen molar-refractivity contribution in [2.24, 2.45) is 18.0 Å². The van der Waals surface area contributed by atoms with E-state index in [1.165, 1.54) is 10.6 Å². The molecule has 1 amide bonds. The summed E-state index contributed by atoms with van der Waals surface area (Å²) in [5, 5.41) is 6.87. The van der Waals surface area contributed by atoms with Crippen molar-refractivity contribution < 1.29 is 13.9 Å². The van der Waals surface area contributed by atoms with Gasteiger partial charge in [0.2, 0.25) is 5.91 Å². The van der Waals surface area contributed by atoms with Crippen LogP contribution in [0.25, 0.3) is 11.0 Å². The molecule has 0 spiro atoms. The quantitative estimate of drug-likeness (QED) is 0.681. The summed E-state index contributed by atoms with van der Waals surface area (Å²) in [6.45, 7) is 1.09. The number of nitrogens with zero attached hydrogens (tertiary/aromatic N) is 3. The van der Waals surface area contributed by atoms with E-state index in [9.17, 15) is 14.0 Å². The second-order valence-corrected chi connectivity index (χ2v) is 9.17. The number of nitrogens with one attached hydrogen (secondary N) is 2. The number of rotatable bonds is 6. The summed E-state index contributed by atoms with van der Waals surface area (Å²) in [6.07, 6.45) is 10.4. The standard InChI is InChI=1S/C25H28FN5O3/c1-31-22(33)11-9-20-23(31)24(19(26)13-28-20)34-14-15-2-6-17(7-3-15)27-12-18-8-4-16-5-10-21(32)30-25(16)29-18/h4,8-9,11,13,15,17,27H,2-3,5-7,10,12,14H2,1H3,(H,29,30,32)/t15-,17-. The van der Waals surface area contributed by atoms with E-state index in [1.807, 2.05) is 6.08 Å². The summed E-state index contributed by atoms with van der Waals surface area (Å²) < 4.78 is 21.8. The number of fused-ring (bicyclic) bond motifs is 2. The van der Waals surface area contributed by atoms with Crippen molar-refractivity contribution in [1.82, 2.24) is 20.2 Å². The Bertz CT molecular complexity index is 1270. The van der Waals surface area contributed by atoms with Crippen LogP contribution in [0.3, 0.4) is 0 Å². The molecule has 2 aliphatic heterocycles. The number of carbonyl (C=O) groups is 1. The Morgan fingerprint density at radius 3 is 2.82 bits per heavy atom. The van der Waals surface area contributed by atoms with Gasteiger partial charge in [-0.2, -0.15) is 4.99 Å². The maximum Gasteiger partial charge on any atom is 0.250 e. The number of hydrogen-bond acceptors (Lipinski definition) is 6. The van der Waals surface area contributed by atoms with Crippen molar-refractivity contribution in [1.29, 1.82) is 0 Å². The number of amidine groups is 1. The number of pyridine rings is 2. The van der Waals surface area contributed by atoms with E-state index in [-0.39, 0.29) is 17.2 Å². The second-order valence-electron chi connectivity index (χ2n) is 9.17. The zero-order chi connectivity index (χ0) is 23.7. The van der Waals surface area contributed by atoms with Gasteiger partial charge >= 0.3 is 0 Å². The Morgan fingerprint density at radius 1 is 1.18 bits per heavy atom. The zero-order valence-electron chi connectivity index (χ0n) is 19.1. The van der Waals surface area contributed by atoms with E-state index in [4.69, 9.17) is 4.74 Å². The lowest BCUT2D eigenvalue weighted by molar-refractivity contribution is -0.117. The maximum atomic E-state index is 14.5. The van der Waals surface area contributed by atoms with Crippen molar-refractivity contribution in [3.8, 4) is 5.75 Å². The Kier molecular flexibility index (Phi) is 6.28. The van der Waals surface area contributed by atoms with Crippen molar-refractivity contribution >= 4 is 22.8 Å². The fourth-order valence-electron chi connectivity index (χ4n) is 4.80. The lowest BCUT2D eigenvalue weighted by Gasteiger charge is -2.30. The van der Waals surface area contributed by atoms with Gasteiger partial charge in [0.1, 0.15) is 11.4 Å². The first-order valence-corrected chi connectivity index (χ1v) is 11.8. The molecule has 0 radical (unpaired) electrons. The molecule has 2 N–H and O–H groups in total. The molecule has 8 nitrogen and oxygen atoms in total. The van der Waals surface area contributed by atoms with E-state index >= 15 is 0 Å². The Labute approximate surface area is 196 Å². The predicted molar refractivity (Wildman–Crippen MR) is 127 cm³/mol. The summed E-state index contributed by atoms with van der Waals surface area (Å²) >= 11 is 0. The molecule has 34 heavy (non-hydrogen) atoms. The van der Waals surface area contributed by atoms with Crippen LogP contribution in [0.4, 0.5) is 4.39 Å². The molecule has 0 aromatic carbocycles. The monoisotopic (exact) mass is 465 g/mol. The van der Waals surface area contributed by atoms with Gasteiger partial charge < -0.3 is 19.9 Å². The van der Waals surface area contributed by atoms with Gasteiger partial charge in [0, 0.05) is 37.8 Å². The molecule has 0 saturated heterocycles. The summed E-state index contributed by atoms with van der Waals surface area (Å²) in [7, 11) is 1.60. The van der Waals surface area contributed by atoms with Gasteiger partial charge in [-0.15, -0.1) is 0 Å². The van der Waals surface area contributed by atoms with Crippen LogP contribution in [0, 0.1) is 11.7 Å². The van der Waals surface area contributed by atoms with Crippen molar-refractivity contribution in [2.45, 2.75) is 44.6 Å². The van der Waals surface area contributed by atoms with E-state index in [0.29, 0.717) is 48.4 Å². The number of aliphatic imine (C=N–C) groups is 1. The highest BCUT2D eigenvalue weighted by Gasteiger charge is 2.24. The van der Waals surface area contributed by atoms with Crippen LogP contribution in [0.2, 0.25) is 0 Å². The van der Waals surface area contributed by atoms with Crippen LogP contribution in [-0.2, 0) is 11.8 Å². The normalized spacial score (nSPS) is 22.4. The molecular weight excluding hydrogens is 437 g/mol. The Balaban J connectivity index is 1.13. The summed E-state index contributed by atoms with van der Waals surface area (Å²) in [6, 6.07) is 3.40. The van der Waals surface area contributed by atoms with Crippen LogP contribution in [-0.4, -0.2) is 40.5 Å². The van der Waals surface area contributed by atoms with Gasteiger partial charge in [-0.1, -0.05) is 6.08 Å². The first-order chi connectivity index (χ1) is 16.5. The number of aryl methyl sites for hydroxylation is 1. The summed E-state index contributed by atoms with van der Waals surface area (Å²) in [5.41, 5.74) is 2.78. The number of aromatic nitrogens is 2. The predicted octanol–water partition coefficient (Wildman–Crippen LogP) is 2.73. The summed E-state index contributed by atoms with van der Waals surface area (Å²) in [5.74, 6) is 0.471. The Morgan fingerprint density at radius 2 is 2.00 bits per heavy atom. The molecule has 3 aliphatic rings. The number of amides is 1.